The summed E-state index contributed by atoms with van der Waals surface area (Å²) < 4.78 is 5.43. The van der Waals surface area contributed by atoms with E-state index in [2.05, 4.69) is 0 Å². The van der Waals surface area contributed by atoms with Crippen LogP contribution in [0.15, 0.2) is 0 Å². The summed E-state index contributed by atoms with van der Waals surface area (Å²) in [4.78, 5) is 11.0. The number of hydrogen-bond acceptors (Lipinski definition) is 2. The largest absolute Gasteiger partial charge is 0.481 e. The van der Waals surface area contributed by atoms with E-state index < -0.39 is 5.97 Å². The van der Waals surface area contributed by atoms with Crippen molar-refractivity contribution >= 4 is 5.97 Å². The van der Waals surface area contributed by atoms with Crippen LogP contribution in [0.2, 0.25) is 0 Å². The third-order valence-electron chi connectivity index (χ3n) is 3.69. The van der Waals surface area contributed by atoms with E-state index in [-0.39, 0.29) is 5.92 Å². The average Bonchev–Trinajstić information content (AvgIpc) is 2.67. The molecule has 3 atom stereocenters. The van der Waals surface area contributed by atoms with Gasteiger partial charge in [0, 0.05) is 13.2 Å². The van der Waals surface area contributed by atoms with Crippen LogP contribution in [0.1, 0.15) is 32.1 Å². The van der Waals surface area contributed by atoms with Crippen LogP contribution >= 0.6 is 0 Å². The molecule has 1 saturated carbocycles. The predicted octanol–water partition coefficient (Wildman–Crippen LogP) is 1.91. The minimum Gasteiger partial charge on any atom is -0.481 e. The number of ether oxygens (including phenoxy) is 1. The van der Waals surface area contributed by atoms with Gasteiger partial charge in [0.25, 0.3) is 0 Å². The first-order valence-corrected chi connectivity index (χ1v) is 5.59. The normalized spacial score (nSPS) is 38.4. The molecule has 0 bridgehead atoms. The van der Waals surface area contributed by atoms with Crippen LogP contribution in [0.25, 0.3) is 0 Å². The van der Waals surface area contributed by atoms with Crippen LogP contribution in [0, 0.1) is 17.8 Å². The molecule has 0 aromatic carbocycles. The lowest BCUT2D eigenvalue weighted by Crippen LogP contribution is -2.30. The fourth-order valence-corrected chi connectivity index (χ4v) is 2.96. The van der Waals surface area contributed by atoms with Gasteiger partial charge in [-0.15, -0.1) is 0 Å². The Morgan fingerprint density at radius 1 is 1.21 bits per heavy atom. The summed E-state index contributed by atoms with van der Waals surface area (Å²) in [6.07, 6.45) is 5.31. The van der Waals surface area contributed by atoms with Gasteiger partial charge >= 0.3 is 5.97 Å². The third kappa shape index (κ3) is 1.92. The Labute approximate surface area is 84.4 Å². The molecule has 2 aliphatic rings. The molecule has 1 saturated heterocycles. The highest BCUT2D eigenvalue weighted by molar-refractivity contribution is 5.70. The van der Waals surface area contributed by atoms with Crippen LogP contribution in [0.4, 0.5) is 0 Å². The first-order chi connectivity index (χ1) is 6.79. The summed E-state index contributed by atoms with van der Waals surface area (Å²) in [5, 5.41) is 9.07. The Bertz CT molecular complexity index is 209. The topological polar surface area (TPSA) is 46.5 Å². The highest BCUT2D eigenvalue weighted by Crippen LogP contribution is 2.40. The highest BCUT2D eigenvalue weighted by Gasteiger charge is 2.38. The van der Waals surface area contributed by atoms with E-state index in [0.29, 0.717) is 11.8 Å². The first kappa shape index (κ1) is 9.97. The predicted molar refractivity (Wildman–Crippen MR) is 52.0 cm³/mol. The van der Waals surface area contributed by atoms with E-state index in [4.69, 9.17) is 9.84 Å². The van der Waals surface area contributed by atoms with Crippen LogP contribution in [0.5, 0.6) is 0 Å². The zero-order chi connectivity index (χ0) is 9.97. The second-order valence-electron chi connectivity index (χ2n) is 4.52. The lowest BCUT2D eigenvalue weighted by molar-refractivity contribution is -0.144. The molecule has 0 radical (unpaired) electrons. The molecule has 3 heteroatoms. The molecule has 0 amide bonds. The second kappa shape index (κ2) is 4.30. The van der Waals surface area contributed by atoms with Crippen molar-refractivity contribution in [2.45, 2.75) is 32.1 Å². The Kier molecular flexibility index (Phi) is 3.06. The molecule has 2 rings (SSSR count). The molecule has 2 fully saturated rings. The molecule has 80 valence electrons. The van der Waals surface area contributed by atoms with Crippen molar-refractivity contribution in [1.82, 2.24) is 0 Å². The summed E-state index contributed by atoms with van der Waals surface area (Å²) >= 11 is 0. The van der Waals surface area contributed by atoms with Gasteiger partial charge in [0.15, 0.2) is 0 Å². The van der Waals surface area contributed by atoms with Gasteiger partial charge in [0.1, 0.15) is 0 Å². The molecular weight excluding hydrogens is 180 g/mol. The maximum atomic E-state index is 11.0. The van der Waals surface area contributed by atoms with Gasteiger partial charge in [0.05, 0.1) is 5.92 Å². The molecule has 14 heavy (non-hydrogen) atoms. The smallest absolute Gasteiger partial charge is 0.306 e. The Morgan fingerprint density at radius 2 is 2.07 bits per heavy atom. The van der Waals surface area contributed by atoms with Crippen molar-refractivity contribution < 1.29 is 14.6 Å². The molecule has 0 aromatic rings. The van der Waals surface area contributed by atoms with Crippen LogP contribution in [-0.2, 0) is 9.53 Å². The van der Waals surface area contributed by atoms with Gasteiger partial charge in [-0.05, 0) is 37.5 Å². The van der Waals surface area contributed by atoms with Crippen molar-refractivity contribution in [3.8, 4) is 0 Å². The molecule has 0 aromatic heterocycles. The zero-order valence-corrected chi connectivity index (χ0v) is 8.45. The summed E-state index contributed by atoms with van der Waals surface area (Å²) in [6, 6.07) is 0. The first-order valence-electron chi connectivity index (χ1n) is 5.59. The molecule has 3 nitrogen and oxygen atoms in total. The Balaban J connectivity index is 1.97. The molecule has 1 heterocycles. The summed E-state index contributed by atoms with van der Waals surface area (Å²) in [7, 11) is 0. The SMILES string of the molecule is O=C(O)C1CCCC1C1CCCOC1. The van der Waals surface area contributed by atoms with E-state index in [9.17, 15) is 4.79 Å². The van der Waals surface area contributed by atoms with Crippen LogP contribution < -0.4 is 0 Å². The van der Waals surface area contributed by atoms with Crippen molar-refractivity contribution in [3.05, 3.63) is 0 Å². The lowest BCUT2D eigenvalue weighted by atomic mass is 9.81. The number of hydrogen-bond donors (Lipinski definition) is 1. The van der Waals surface area contributed by atoms with Gasteiger partial charge in [-0.25, -0.2) is 0 Å². The van der Waals surface area contributed by atoms with Gasteiger partial charge in [0.2, 0.25) is 0 Å². The summed E-state index contributed by atoms with van der Waals surface area (Å²) in [5.74, 6) is 0.194. The fraction of sp³-hybridized carbons (Fsp3) is 0.909. The number of carboxylic acid groups (broad SMARTS) is 1. The monoisotopic (exact) mass is 198 g/mol. The number of carbonyl (C=O) groups is 1. The van der Waals surface area contributed by atoms with Crippen molar-refractivity contribution in [2.75, 3.05) is 13.2 Å². The maximum absolute atomic E-state index is 11.0. The van der Waals surface area contributed by atoms with Gasteiger partial charge in [-0.2, -0.15) is 0 Å². The zero-order valence-electron chi connectivity index (χ0n) is 8.45. The van der Waals surface area contributed by atoms with Crippen molar-refractivity contribution in [2.24, 2.45) is 17.8 Å². The van der Waals surface area contributed by atoms with Gasteiger partial charge in [-0.1, -0.05) is 6.42 Å². The number of rotatable bonds is 2. The highest BCUT2D eigenvalue weighted by atomic mass is 16.5. The number of aliphatic carboxylic acids is 1. The Morgan fingerprint density at radius 3 is 2.71 bits per heavy atom. The molecule has 1 N–H and O–H groups in total. The molecule has 0 spiro atoms. The van der Waals surface area contributed by atoms with E-state index in [0.717, 1.165) is 45.3 Å². The van der Waals surface area contributed by atoms with Crippen molar-refractivity contribution in [1.29, 1.82) is 0 Å². The van der Waals surface area contributed by atoms with E-state index in [1.807, 2.05) is 0 Å². The molecule has 1 aliphatic heterocycles. The quantitative estimate of drug-likeness (QED) is 0.737. The Hall–Kier alpha value is -0.570. The lowest BCUT2D eigenvalue weighted by Gasteiger charge is -2.29. The van der Waals surface area contributed by atoms with Gasteiger partial charge in [-0.3, -0.25) is 4.79 Å². The van der Waals surface area contributed by atoms with E-state index in [1.165, 1.54) is 0 Å². The second-order valence-corrected chi connectivity index (χ2v) is 4.52. The summed E-state index contributed by atoms with van der Waals surface area (Å²) in [5.41, 5.74) is 0. The molecular formula is C11H18O3. The van der Waals surface area contributed by atoms with E-state index in [1.54, 1.807) is 0 Å². The van der Waals surface area contributed by atoms with Crippen LogP contribution in [0.3, 0.4) is 0 Å². The fourth-order valence-electron chi connectivity index (χ4n) is 2.96. The van der Waals surface area contributed by atoms with Crippen molar-refractivity contribution in [3.63, 3.8) is 0 Å². The standard InChI is InChI=1S/C11H18O3/c12-11(13)10-5-1-4-9(10)8-3-2-6-14-7-8/h8-10H,1-7H2,(H,12,13). The molecule has 3 unspecified atom stereocenters. The summed E-state index contributed by atoms with van der Waals surface area (Å²) in [6.45, 7) is 1.65. The molecule has 1 aliphatic carbocycles. The van der Waals surface area contributed by atoms with Gasteiger partial charge < -0.3 is 9.84 Å². The number of carboxylic acids is 1. The van der Waals surface area contributed by atoms with E-state index >= 15 is 0 Å². The maximum Gasteiger partial charge on any atom is 0.306 e. The third-order valence-corrected chi connectivity index (χ3v) is 3.69. The average molecular weight is 198 g/mol. The minimum atomic E-state index is -0.599. The minimum absolute atomic E-state index is 0.0956. The van der Waals surface area contributed by atoms with Crippen LogP contribution in [-0.4, -0.2) is 24.3 Å².